The number of urea groups is 1. The number of nitrogens with two attached hydrogens (primary N) is 1. The Balaban J connectivity index is 2.07. The van der Waals surface area contributed by atoms with Crippen molar-refractivity contribution in [1.29, 1.82) is 0 Å². The maximum atomic E-state index is 11.7. The molecule has 1 fully saturated rings. The number of hydrogen-bond donors (Lipinski definition) is 5. The third kappa shape index (κ3) is 2.71. The zero-order chi connectivity index (χ0) is 14.8. The van der Waals surface area contributed by atoms with Crippen molar-refractivity contribution in [3.05, 3.63) is 17.7 Å². The van der Waals surface area contributed by atoms with Crippen LogP contribution < -0.4 is 16.4 Å². The van der Waals surface area contributed by atoms with Gasteiger partial charge < -0.3 is 26.5 Å². The van der Waals surface area contributed by atoms with Crippen LogP contribution in [0.15, 0.2) is 6.20 Å². The number of hydrogen-bond acceptors (Lipinski definition) is 4. The number of aromatic nitrogens is 2. The summed E-state index contributed by atoms with van der Waals surface area (Å²) >= 11 is 0. The molecule has 2 rings (SSSR count). The first-order chi connectivity index (χ1) is 9.43. The summed E-state index contributed by atoms with van der Waals surface area (Å²) in [7, 11) is 0. The molecule has 9 nitrogen and oxygen atoms in total. The molecule has 0 radical (unpaired) electrons. The number of aromatic amines is 1. The number of rotatable bonds is 5. The second-order valence-corrected chi connectivity index (χ2v) is 4.66. The van der Waals surface area contributed by atoms with Crippen LogP contribution in [0, 0.1) is 0 Å². The van der Waals surface area contributed by atoms with E-state index in [2.05, 4.69) is 20.6 Å². The summed E-state index contributed by atoms with van der Waals surface area (Å²) in [4.78, 5) is 39.8. The van der Waals surface area contributed by atoms with Crippen LogP contribution in [0.3, 0.4) is 0 Å². The Hall–Kier alpha value is -2.58. The molecular formula is C11H15N5O4. The van der Waals surface area contributed by atoms with E-state index in [-0.39, 0.29) is 12.2 Å². The van der Waals surface area contributed by atoms with Crippen LogP contribution in [-0.4, -0.2) is 39.5 Å². The number of carboxylic acid groups (broad SMARTS) is 1. The molecule has 1 aliphatic rings. The van der Waals surface area contributed by atoms with E-state index in [4.69, 9.17) is 10.8 Å². The third-order valence-electron chi connectivity index (χ3n) is 3.24. The van der Waals surface area contributed by atoms with Crippen molar-refractivity contribution < 1.29 is 19.5 Å². The zero-order valence-corrected chi connectivity index (χ0v) is 10.6. The lowest BCUT2D eigenvalue weighted by Crippen LogP contribution is -2.55. The molecule has 0 saturated heterocycles. The van der Waals surface area contributed by atoms with Crippen LogP contribution >= 0.6 is 0 Å². The maximum Gasteiger partial charge on any atom is 0.353 e. The second kappa shape index (κ2) is 5.19. The van der Waals surface area contributed by atoms with Gasteiger partial charge in [-0.15, -0.1) is 0 Å². The van der Waals surface area contributed by atoms with E-state index in [1.807, 2.05) is 0 Å². The highest BCUT2D eigenvalue weighted by atomic mass is 16.4. The third-order valence-corrected chi connectivity index (χ3v) is 3.24. The van der Waals surface area contributed by atoms with Crippen molar-refractivity contribution in [3.63, 3.8) is 0 Å². The highest BCUT2D eigenvalue weighted by Crippen LogP contribution is 2.39. The van der Waals surface area contributed by atoms with E-state index in [0.717, 1.165) is 6.42 Å². The van der Waals surface area contributed by atoms with Gasteiger partial charge in [-0.1, -0.05) is 0 Å². The summed E-state index contributed by atoms with van der Waals surface area (Å²) in [5, 5.41) is 13.9. The molecule has 0 spiro atoms. The first kappa shape index (κ1) is 13.8. The van der Waals surface area contributed by atoms with Gasteiger partial charge in [0.25, 0.3) is 0 Å². The Labute approximate surface area is 113 Å². The van der Waals surface area contributed by atoms with Gasteiger partial charge in [-0.2, -0.15) is 0 Å². The van der Waals surface area contributed by atoms with E-state index in [0.29, 0.717) is 18.7 Å². The van der Waals surface area contributed by atoms with Crippen LogP contribution in [0.25, 0.3) is 0 Å². The molecule has 0 aliphatic heterocycles. The highest BCUT2D eigenvalue weighted by Gasteiger charge is 2.43. The predicted molar refractivity (Wildman–Crippen MR) is 66.8 cm³/mol. The smallest absolute Gasteiger partial charge is 0.353 e. The van der Waals surface area contributed by atoms with E-state index in [9.17, 15) is 14.4 Å². The topological polar surface area (TPSA) is 150 Å². The van der Waals surface area contributed by atoms with E-state index >= 15 is 0 Å². The van der Waals surface area contributed by atoms with E-state index < -0.39 is 23.4 Å². The molecule has 3 amide bonds. The standard InChI is InChI=1S/C11H15N5O4/c12-7(17)5-14-10(20)16-11(2-1-3-11)9-13-4-6(15-9)8(18)19/h4H,1-3,5H2,(H2,12,17)(H,13,15)(H,18,19)(H2,14,16,20). The van der Waals surface area contributed by atoms with Crippen LogP contribution in [0.2, 0.25) is 0 Å². The summed E-state index contributed by atoms with van der Waals surface area (Å²) in [5.74, 6) is -1.36. The lowest BCUT2D eigenvalue weighted by atomic mass is 9.76. The van der Waals surface area contributed by atoms with Gasteiger partial charge in [0.1, 0.15) is 11.5 Å². The number of carbonyl (C=O) groups is 3. The molecule has 0 atom stereocenters. The monoisotopic (exact) mass is 281 g/mol. The van der Waals surface area contributed by atoms with Crippen molar-refractivity contribution in [2.45, 2.75) is 24.8 Å². The fourth-order valence-corrected chi connectivity index (χ4v) is 2.05. The number of nitrogens with one attached hydrogen (secondary N) is 3. The Kier molecular flexibility index (Phi) is 3.59. The largest absolute Gasteiger partial charge is 0.477 e. The van der Waals surface area contributed by atoms with Gasteiger partial charge in [-0.25, -0.2) is 14.6 Å². The molecule has 1 aliphatic carbocycles. The molecule has 1 saturated carbocycles. The van der Waals surface area contributed by atoms with Crippen LogP contribution in [0.4, 0.5) is 4.79 Å². The molecule has 0 unspecified atom stereocenters. The van der Waals surface area contributed by atoms with Gasteiger partial charge in [-0.05, 0) is 19.3 Å². The molecule has 6 N–H and O–H groups in total. The fourth-order valence-electron chi connectivity index (χ4n) is 2.05. The summed E-state index contributed by atoms with van der Waals surface area (Å²) in [6.45, 7) is -0.263. The molecule has 108 valence electrons. The quantitative estimate of drug-likeness (QED) is 0.482. The van der Waals surface area contributed by atoms with Gasteiger partial charge in [0.15, 0.2) is 0 Å². The minimum absolute atomic E-state index is 0.0365. The Morgan fingerprint density at radius 3 is 2.60 bits per heavy atom. The summed E-state index contributed by atoms with van der Waals surface area (Å²) in [5.41, 5.74) is 4.18. The van der Waals surface area contributed by atoms with E-state index in [1.165, 1.54) is 6.20 Å². The summed E-state index contributed by atoms with van der Waals surface area (Å²) < 4.78 is 0. The molecule has 9 heteroatoms. The van der Waals surface area contributed by atoms with Gasteiger partial charge >= 0.3 is 12.0 Å². The zero-order valence-electron chi connectivity index (χ0n) is 10.6. The summed E-state index contributed by atoms with van der Waals surface area (Å²) in [6, 6.07) is -0.545. The average molecular weight is 281 g/mol. The molecule has 1 heterocycles. The van der Waals surface area contributed by atoms with Crippen molar-refractivity contribution in [2.75, 3.05) is 6.54 Å². The van der Waals surface area contributed by atoms with Gasteiger partial charge in [0, 0.05) is 0 Å². The van der Waals surface area contributed by atoms with Crippen LogP contribution in [0.5, 0.6) is 0 Å². The number of H-pyrrole nitrogens is 1. The number of amides is 3. The number of carbonyl (C=O) groups excluding carboxylic acids is 2. The normalized spacial score (nSPS) is 16.0. The van der Waals surface area contributed by atoms with Crippen molar-refractivity contribution in [1.82, 2.24) is 20.6 Å². The lowest BCUT2D eigenvalue weighted by molar-refractivity contribution is -0.117. The van der Waals surface area contributed by atoms with Crippen molar-refractivity contribution >= 4 is 17.9 Å². The Morgan fingerprint density at radius 1 is 1.45 bits per heavy atom. The SMILES string of the molecule is NC(=O)CNC(=O)NC1(c2ncc(C(=O)O)[nH]2)CCC1. The van der Waals surface area contributed by atoms with Crippen LogP contribution in [-0.2, 0) is 10.3 Å². The van der Waals surface area contributed by atoms with Crippen molar-refractivity contribution in [2.24, 2.45) is 5.73 Å². The second-order valence-electron chi connectivity index (χ2n) is 4.66. The average Bonchev–Trinajstić information content (AvgIpc) is 2.81. The van der Waals surface area contributed by atoms with Gasteiger partial charge in [-0.3, -0.25) is 4.79 Å². The predicted octanol–water partition coefficient (Wildman–Crippen LogP) is -0.728. The Bertz CT molecular complexity index is 549. The van der Waals surface area contributed by atoms with Crippen LogP contribution in [0.1, 0.15) is 35.6 Å². The molecule has 0 aromatic carbocycles. The highest BCUT2D eigenvalue weighted by molar-refractivity contribution is 5.85. The fraction of sp³-hybridized carbons (Fsp3) is 0.455. The molecular weight excluding hydrogens is 266 g/mol. The number of carboxylic acids is 1. The number of aromatic carboxylic acids is 1. The molecule has 1 aromatic heterocycles. The number of imidazole rings is 1. The first-order valence-electron chi connectivity index (χ1n) is 6.06. The van der Waals surface area contributed by atoms with E-state index in [1.54, 1.807) is 0 Å². The number of nitrogens with zero attached hydrogens (tertiary/aromatic N) is 1. The first-order valence-corrected chi connectivity index (χ1v) is 6.06. The minimum atomic E-state index is -1.11. The van der Waals surface area contributed by atoms with Gasteiger partial charge in [0.2, 0.25) is 5.91 Å². The summed E-state index contributed by atoms with van der Waals surface area (Å²) in [6.07, 6.45) is 3.38. The molecule has 0 bridgehead atoms. The lowest BCUT2D eigenvalue weighted by Gasteiger charge is -2.40. The number of primary amides is 1. The van der Waals surface area contributed by atoms with Gasteiger partial charge in [0.05, 0.1) is 18.3 Å². The van der Waals surface area contributed by atoms with Crippen molar-refractivity contribution in [3.8, 4) is 0 Å². The molecule has 1 aromatic rings. The minimum Gasteiger partial charge on any atom is -0.477 e. The molecule has 20 heavy (non-hydrogen) atoms. The maximum absolute atomic E-state index is 11.7. The Morgan fingerprint density at radius 2 is 2.15 bits per heavy atom.